The van der Waals surface area contributed by atoms with Crippen molar-refractivity contribution in [3.8, 4) is 23.0 Å². The summed E-state index contributed by atoms with van der Waals surface area (Å²) in [5.41, 5.74) is 9.82. The minimum absolute atomic E-state index is 0.230. The average Bonchev–Trinajstić information content (AvgIpc) is 2.85. The lowest BCUT2D eigenvalue weighted by molar-refractivity contribution is -0.138. The first-order valence-corrected chi connectivity index (χ1v) is 11.6. The van der Waals surface area contributed by atoms with Gasteiger partial charge < -0.3 is 20.3 Å². The monoisotopic (exact) mass is 492 g/mol. The first-order chi connectivity index (χ1) is 17.2. The van der Waals surface area contributed by atoms with Crippen molar-refractivity contribution in [1.82, 2.24) is 0 Å². The summed E-state index contributed by atoms with van der Waals surface area (Å²) in [6.07, 6.45) is -3.61. The van der Waals surface area contributed by atoms with E-state index in [1.54, 1.807) is 25.1 Å². The third-order valence-electron chi connectivity index (χ3n) is 5.69. The number of hydrazine groups is 1. The number of hydrogen-bond acceptors (Lipinski definition) is 4. The van der Waals surface area contributed by atoms with Gasteiger partial charge in [0.1, 0.15) is 23.0 Å². The van der Waals surface area contributed by atoms with E-state index in [4.69, 9.17) is 9.47 Å². The van der Waals surface area contributed by atoms with Crippen molar-refractivity contribution in [2.24, 2.45) is 0 Å². The highest BCUT2D eigenvalue weighted by Crippen LogP contribution is 2.39. The van der Waals surface area contributed by atoms with Gasteiger partial charge >= 0.3 is 6.18 Å². The second-order valence-electron chi connectivity index (χ2n) is 8.37. The van der Waals surface area contributed by atoms with Crippen LogP contribution in [0.2, 0.25) is 0 Å². The Kier molecular flexibility index (Phi) is 7.38. The number of benzene rings is 4. The van der Waals surface area contributed by atoms with Crippen LogP contribution in [0, 0.1) is 13.8 Å². The van der Waals surface area contributed by atoms with Crippen LogP contribution in [-0.4, -0.2) is 0 Å². The molecule has 0 spiro atoms. The molecular weight excluding hydrogens is 465 g/mol. The Morgan fingerprint density at radius 1 is 0.639 bits per heavy atom. The first kappa shape index (κ1) is 25.0. The highest BCUT2D eigenvalue weighted by molar-refractivity contribution is 5.58. The molecule has 2 N–H and O–H groups in total. The molecule has 0 fully saturated rings. The summed E-state index contributed by atoms with van der Waals surface area (Å²) in [6, 6.07) is 24.1. The van der Waals surface area contributed by atoms with Crippen LogP contribution in [0.25, 0.3) is 0 Å². The Morgan fingerprint density at radius 2 is 1.14 bits per heavy atom. The predicted molar refractivity (Wildman–Crippen MR) is 137 cm³/mol. The Labute approximate surface area is 208 Å². The molecule has 4 nitrogen and oxygen atoms in total. The number of halogens is 3. The van der Waals surface area contributed by atoms with E-state index >= 15 is 0 Å². The summed E-state index contributed by atoms with van der Waals surface area (Å²) in [6.45, 7) is 5.85. The highest BCUT2D eigenvalue weighted by atomic mass is 19.4. The Balaban J connectivity index is 1.42. The second-order valence-corrected chi connectivity index (χ2v) is 8.37. The lowest BCUT2D eigenvalue weighted by Crippen LogP contribution is -2.09. The lowest BCUT2D eigenvalue weighted by Gasteiger charge is -2.17. The summed E-state index contributed by atoms with van der Waals surface area (Å²) in [5, 5.41) is 0. The fraction of sp³-hybridized carbons (Fsp3) is 0.172. The van der Waals surface area contributed by atoms with Crippen molar-refractivity contribution in [2.75, 3.05) is 10.9 Å². The van der Waals surface area contributed by atoms with Gasteiger partial charge in [-0.25, -0.2) is 0 Å². The predicted octanol–water partition coefficient (Wildman–Crippen LogP) is 8.91. The fourth-order valence-electron chi connectivity index (χ4n) is 3.75. The number of anilines is 2. The maximum atomic E-state index is 13.3. The molecule has 4 aromatic rings. The molecule has 36 heavy (non-hydrogen) atoms. The van der Waals surface area contributed by atoms with Gasteiger partial charge in [0.25, 0.3) is 0 Å². The first-order valence-electron chi connectivity index (χ1n) is 11.6. The molecule has 0 saturated heterocycles. The van der Waals surface area contributed by atoms with Crippen LogP contribution >= 0.6 is 0 Å². The number of para-hydroxylation sites is 2. The molecule has 0 aliphatic heterocycles. The van der Waals surface area contributed by atoms with Gasteiger partial charge in [-0.05, 0) is 91.6 Å². The molecule has 4 rings (SSSR count). The molecule has 0 bridgehead atoms. The summed E-state index contributed by atoms with van der Waals surface area (Å²) in [5.74, 6) is 1.74. The second kappa shape index (κ2) is 10.6. The van der Waals surface area contributed by atoms with E-state index < -0.39 is 11.7 Å². The Morgan fingerprint density at radius 3 is 1.67 bits per heavy atom. The SMILES string of the molecule is CCc1ccccc1Oc1ccc(NNc2ccc(Oc3ccccc3C(F)(F)F)c(C)c2)cc1C. The van der Waals surface area contributed by atoms with Crippen LogP contribution in [0.15, 0.2) is 84.9 Å². The van der Waals surface area contributed by atoms with Gasteiger partial charge in [0.15, 0.2) is 0 Å². The van der Waals surface area contributed by atoms with E-state index in [0.717, 1.165) is 46.5 Å². The molecule has 0 aliphatic rings. The van der Waals surface area contributed by atoms with E-state index in [1.165, 1.54) is 18.2 Å². The molecule has 0 heterocycles. The molecule has 0 amide bonds. The van der Waals surface area contributed by atoms with Gasteiger partial charge in [0.05, 0.1) is 16.9 Å². The topological polar surface area (TPSA) is 42.5 Å². The molecule has 0 atom stereocenters. The maximum Gasteiger partial charge on any atom is 0.419 e. The van der Waals surface area contributed by atoms with Gasteiger partial charge in [-0.1, -0.05) is 37.3 Å². The van der Waals surface area contributed by atoms with Crippen molar-refractivity contribution in [3.05, 3.63) is 107 Å². The minimum Gasteiger partial charge on any atom is -0.457 e. The third kappa shape index (κ3) is 5.92. The number of rotatable bonds is 8. The summed E-state index contributed by atoms with van der Waals surface area (Å²) < 4.78 is 51.5. The molecule has 7 heteroatoms. The average molecular weight is 493 g/mol. The van der Waals surface area contributed by atoms with Crippen LogP contribution in [0.3, 0.4) is 0 Å². The summed E-state index contributed by atoms with van der Waals surface area (Å²) in [7, 11) is 0. The van der Waals surface area contributed by atoms with Gasteiger partial charge in [-0.15, -0.1) is 0 Å². The molecule has 0 aliphatic carbocycles. The van der Waals surface area contributed by atoms with Crippen molar-refractivity contribution >= 4 is 11.4 Å². The fourth-order valence-corrected chi connectivity index (χ4v) is 3.75. The van der Waals surface area contributed by atoms with E-state index in [1.807, 2.05) is 43.3 Å². The standard InChI is InChI=1S/C29H27F3N2O2/c1-4-21-9-5-7-11-27(21)35-25-15-13-22(17-19(25)2)33-34-23-14-16-26(20(3)18-23)36-28-12-8-6-10-24(28)29(30,31)32/h5-18,33-34H,4H2,1-3H3. The van der Waals surface area contributed by atoms with Crippen molar-refractivity contribution in [3.63, 3.8) is 0 Å². The van der Waals surface area contributed by atoms with Crippen LogP contribution in [0.4, 0.5) is 24.5 Å². The molecule has 0 radical (unpaired) electrons. The largest absolute Gasteiger partial charge is 0.457 e. The van der Waals surface area contributed by atoms with E-state index in [-0.39, 0.29) is 5.75 Å². The van der Waals surface area contributed by atoms with Gasteiger partial charge in [0.2, 0.25) is 0 Å². The minimum atomic E-state index is -4.49. The number of nitrogens with one attached hydrogen (secondary N) is 2. The van der Waals surface area contributed by atoms with Crippen LogP contribution in [0.5, 0.6) is 23.0 Å². The van der Waals surface area contributed by atoms with E-state index in [2.05, 4.69) is 23.8 Å². The number of aryl methyl sites for hydroxylation is 3. The van der Waals surface area contributed by atoms with Crippen LogP contribution in [0.1, 0.15) is 29.2 Å². The number of alkyl halides is 3. The highest BCUT2D eigenvalue weighted by Gasteiger charge is 2.34. The molecule has 0 saturated carbocycles. The Bertz CT molecular complexity index is 1350. The number of ether oxygens (including phenoxy) is 2. The zero-order valence-corrected chi connectivity index (χ0v) is 20.2. The molecule has 186 valence electrons. The number of hydrogen-bond donors (Lipinski definition) is 2. The lowest BCUT2D eigenvalue weighted by atomic mass is 10.1. The maximum absolute atomic E-state index is 13.3. The Hall–Kier alpha value is -4.13. The van der Waals surface area contributed by atoms with Crippen molar-refractivity contribution in [2.45, 2.75) is 33.4 Å². The van der Waals surface area contributed by atoms with Gasteiger partial charge in [-0.3, -0.25) is 0 Å². The van der Waals surface area contributed by atoms with Gasteiger partial charge in [-0.2, -0.15) is 13.2 Å². The summed E-state index contributed by atoms with van der Waals surface area (Å²) >= 11 is 0. The van der Waals surface area contributed by atoms with Crippen LogP contribution < -0.4 is 20.3 Å². The smallest absolute Gasteiger partial charge is 0.419 e. The molecule has 0 unspecified atom stereocenters. The zero-order valence-electron chi connectivity index (χ0n) is 20.2. The van der Waals surface area contributed by atoms with Gasteiger partial charge in [0, 0.05) is 0 Å². The summed E-state index contributed by atoms with van der Waals surface area (Å²) in [4.78, 5) is 0. The quantitative estimate of drug-likeness (QED) is 0.241. The molecule has 4 aromatic carbocycles. The van der Waals surface area contributed by atoms with Crippen LogP contribution in [-0.2, 0) is 12.6 Å². The van der Waals surface area contributed by atoms with Crippen molar-refractivity contribution < 1.29 is 22.6 Å². The normalized spacial score (nSPS) is 11.2. The van der Waals surface area contributed by atoms with E-state index in [0.29, 0.717) is 11.3 Å². The third-order valence-corrected chi connectivity index (χ3v) is 5.69. The van der Waals surface area contributed by atoms with Crippen molar-refractivity contribution in [1.29, 1.82) is 0 Å². The molecular formula is C29H27F3N2O2. The zero-order chi connectivity index (χ0) is 25.7. The molecule has 0 aromatic heterocycles. The van der Waals surface area contributed by atoms with E-state index in [9.17, 15) is 13.2 Å².